The molecule has 21 heavy (non-hydrogen) atoms. The van der Waals surface area contributed by atoms with Crippen LogP contribution in [0.4, 0.5) is 0 Å². The Hall–Kier alpha value is -2.49. The third-order valence-corrected chi connectivity index (χ3v) is 2.67. The summed E-state index contributed by atoms with van der Waals surface area (Å²) in [5.41, 5.74) is 1.44. The average Bonchev–Trinajstić information content (AvgIpc) is 2.46. The van der Waals surface area contributed by atoms with Crippen LogP contribution in [0.15, 0.2) is 78.7 Å². The van der Waals surface area contributed by atoms with Gasteiger partial charge >= 0.3 is 0 Å². The maximum atomic E-state index is 10.8. The van der Waals surface area contributed by atoms with Crippen LogP contribution in [0, 0.1) is 16.0 Å². The molecule has 112 valence electrons. The fourth-order valence-corrected chi connectivity index (χ4v) is 1.45. The minimum absolute atomic E-state index is 0.00946. The summed E-state index contributed by atoms with van der Waals surface area (Å²) < 4.78 is 0. The van der Waals surface area contributed by atoms with Crippen LogP contribution >= 0.6 is 0 Å². The molecule has 4 nitrogen and oxygen atoms in total. The topological polar surface area (TPSA) is 55.5 Å². The Bertz CT molecular complexity index is 523. The van der Waals surface area contributed by atoms with Crippen LogP contribution in [0.25, 0.3) is 0 Å². The second kappa shape index (κ2) is 10.3. The van der Waals surface area contributed by atoms with E-state index in [-0.39, 0.29) is 11.6 Å². The van der Waals surface area contributed by atoms with Gasteiger partial charge in [0.2, 0.25) is 0 Å². The van der Waals surface area contributed by atoms with Gasteiger partial charge in [-0.05, 0) is 13.0 Å². The van der Waals surface area contributed by atoms with E-state index in [4.69, 9.17) is 0 Å². The molecule has 0 rings (SSSR count). The van der Waals surface area contributed by atoms with E-state index in [2.05, 4.69) is 24.7 Å². The molecule has 0 N–H and O–H groups in total. The average molecular weight is 286 g/mol. The number of hydrogen-bond donors (Lipinski definition) is 0. The molecule has 0 aromatic carbocycles. The van der Waals surface area contributed by atoms with Crippen molar-refractivity contribution in [2.75, 3.05) is 0 Å². The van der Waals surface area contributed by atoms with Gasteiger partial charge in [0.25, 0.3) is 5.70 Å². The van der Waals surface area contributed by atoms with Crippen molar-refractivity contribution in [1.82, 2.24) is 0 Å². The molecular formula is C17H22N2O2. The summed E-state index contributed by atoms with van der Waals surface area (Å²) in [7, 11) is 0. The lowest BCUT2D eigenvalue weighted by molar-refractivity contribution is -0.419. The summed E-state index contributed by atoms with van der Waals surface area (Å²) >= 11 is 0. The van der Waals surface area contributed by atoms with Crippen LogP contribution in [0.3, 0.4) is 0 Å². The second-order valence-electron chi connectivity index (χ2n) is 4.30. The molecule has 0 amide bonds. The van der Waals surface area contributed by atoms with Crippen LogP contribution in [-0.2, 0) is 0 Å². The summed E-state index contributed by atoms with van der Waals surface area (Å²) in [4.78, 5) is 14.8. The first kappa shape index (κ1) is 18.5. The molecular weight excluding hydrogens is 264 g/mol. The van der Waals surface area contributed by atoms with Crippen molar-refractivity contribution in [2.45, 2.75) is 20.3 Å². The van der Waals surface area contributed by atoms with Gasteiger partial charge in [0.15, 0.2) is 0 Å². The van der Waals surface area contributed by atoms with Gasteiger partial charge in [0.05, 0.1) is 10.6 Å². The molecule has 0 heterocycles. The Morgan fingerprint density at radius 3 is 2.57 bits per heavy atom. The monoisotopic (exact) mass is 286 g/mol. The molecule has 0 aliphatic rings. The second-order valence-corrected chi connectivity index (χ2v) is 4.30. The maximum absolute atomic E-state index is 10.8. The van der Waals surface area contributed by atoms with Crippen molar-refractivity contribution in [1.29, 1.82) is 0 Å². The zero-order valence-corrected chi connectivity index (χ0v) is 12.7. The van der Waals surface area contributed by atoms with E-state index in [1.807, 2.05) is 26.0 Å². The van der Waals surface area contributed by atoms with E-state index in [0.717, 1.165) is 5.71 Å². The molecule has 0 saturated heterocycles. The number of allylic oxidation sites excluding steroid dienone is 7. The van der Waals surface area contributed by atoms with E-state index in [0.29, 0.717) is 12.1 Å². The van der Waals surface area contributed by atoms with Crippen molar-refractivity contribution in [2.24, 2.45) is 10.9 Å². The van der Waals surface area contributed by atoms with Gasteiger partial charge in [-0.25, -0.2) is 0 Å². The first-order chi connectivity index (χ1) is 9.96. The molecule has 1 unspecified atom stereocenters. The van der Waals surface area contributed by atoms with Crippen LogP contribution < -0.4 is 0 Å². The van der Waals surface area contributed by atoms with Crippen molar-refractivity contribution >= 4 is 5.71 Å². The number of aliphatic imine (C=N–C) groups is 1. The molecule has 0 radical (unpaired) electrons. The van der Waals surface area contributed by atoms with E-state index in [1.54, 1.807) is 12.2 Å². The first-order valence-electron chi connectivity index (χ1n) is 6.61. The molecule has 0 spiro atoms. The number of rotatable bonds is 9. The predicted octanol–water partition coefficient (Wildman–Crippen LogP) is 4.63. The summed E-state index contributed by atoms with van der Waals surface area (Å²) in [5.74, 6) is -0.0499. The molecule has 0 bridgehead atoms. The SMILES string of the molecule is C=C/C=C(\C=C/C(C)C(C/C=C\C)=NC(=C)C=C)[N+](=O)[O-]. The highest BCUT2D eigenvalue weighted by molar-refractivity contribution is 5.90. The van der Waals surface area contributed by atoms with Crippen LogP contribution in [0.1, 0.15) is 20.3 Å². The zero-order valence-electron chi connectivity index (χ0n) is 12.7. The third-order valence-electron chi connectivity index (χ3n) is 2.67. The lowest BCUT2D eigenvalue weighted by Gasteiger charge is -2.09. The van der Waals surface area contributed by atoms with Gasteiger partial charge in [0, 0.05) is 30.2 Å². The molecule has 0 aliphatic carbocycles. The Morgan fingerprint density at radius 1 is 1.43 bits per heavy atom. The van der Waals surface area contributed by atoms with Crippen LogP contribution in [-0.4, -0.2) is 10.6 Å². The summed E-state index contributed by atoms with van der Waals surface area (Å²) in [5, 5.41) is 10.8. The molecule has 0 fully saturated rings. The third kappa shape index (κ3) is 7.62. The molecule has 0 aliphatic heterocycles. The highest BCUT2D eigenvalue weighted by Crippen LogP contribution is 2.11. The van der Waals surface area contributed by atoms with E-state index < -0.39 is 4.92 Å². The molecule has 1 atom stereocenters. The number of nitro groups is 1. The van der Waals surface area contributed by atoms with Crippen LogP contribution in [0.2, 0.25) is 0 Å². The van der Waals surface area contributed by atoms with Gasteiger partial charge in [-0.3, -0.25) is 15.1 Å². The maximum Gasteiger partial charge on any atom is 0.269 e. The minimum Gasteiger partial charge on any atom is -0.258 e. The lowest BCUT2D eigenvalue weighted by atomic mass is 10.0. The highest BCUT2D eigenvalue weighted by atomic mass is 16.6. The Morgan fingerprint density at radius 2 is 2.10 bits per heavy atom. The van der Waals surface area contributed by atoms with Crippen molar-refractivity contribution < 1.29 is 4.92 Å². The molecule has 0 saturated carbocycles. The van der Waals surface area contributed by atoms with E-state index in [9.17, 15) is 10.1 Å². The van der Waals surface area contributed by atoms with Gasteiger partial charge in [-0.15, -0.1) is 0 Å². The Balaban J connectivity index is 5.25. The lowest BCUT2D eigenvalue weighted by Crippen LogP contribution is -2.08. The standard InChI is InChI=1S/C17H22N2O2/c1-6-9-11-17(18-15(5)8-3)14(4)12-13-16(10-7-2)19(20)21/h6-10,12-14H,2-3,5,11H2,1,4H3/b9-6-,13-12-,16-10+,18-17?. The molecule has 0 aromatic heterocycles. The first-order valence-corrected chi connectivity index (χ1v) is 6.61. The van der Waals surface area contributed by atoms with Gasteiger partial charge in [-0.1, -0.05) is 51.0 Å². The summed E-state index contributed by atoms with van der Waals surface area (Å²) in [6.45, 7) is 14.7. The number of hydrogen-bond acceptors (Lipinski definition) is 3. The summed E-state index contributed by atoms with van der Waals surface area (Å²) in [6, 6.07) is 0. The molecule has 4 heteroatoms. The van der Waals surface area contributed by atoms with E-state index in [1.165, 1.54) is 18.2 Å². The predicted molar refractivity (Wildman–Crippen MR) is 89.8 cm³/mol. The minimum atomic E-state index is -0.448. The van der Waals surface area contributed by atoms with Crippen molar-refractivity contribution in [3.63, 3.8) is 0 Å². The van der Waals surface area contributed by atoms with Gasteiger partial charge in [0.1, 0.15) is 0 Å². The quantitative estimate of drug-likeness (QED) is 0.204. The van der Waals surface area contributed by atoms with E-state index >= 15 is 0 Å². The largest absolute Gasteiger partial charge is 0.269 e. The Kier molecular flexibility index (Phi) is 9.09. The van der Waals surface area contributed by atoms with Gasteiger partial charge in [-0.2, -0.15) is 0 Å². The zero-order chi connectivity index (χ0) is 16.3. The fraction of sp³-hybridized carbons (Fsp3) is 0.235. The van der Waals surface area contributed by atoms with Crippen molar-refractivity contribution in [3.8, 4) is 0 Å². The smallest absolute Gasteiger partial charge is 0.258 e. The molecule has 0 aromatic rings. The number of nitrogens with zero attached hydrogens (tertiary/aromatic N) is 2. The Labute approximate surface area is 126 Å². The summed E-state index contributed by atoms with van der Waals surface area (Å²) in [6.07, 6.45) is 12.1. The van der Waals surface area contributed by atoms with Crippen molar-refractivity contribution in [3.05, 3.63) is 83.8 Å². The normalized spacial score (nSPS) is 14.4. The fourth-order valence-electron chi connectivity index (χ4n) is 1.45. The highest BCUT2D eigenvalue weighted by Gasteiger charge is 2.09. The van der Waals surface area contributed by atoms with Gasteiger partial charge < -0.3 is 0 Å². The van der Waals surface area contributed by atoms with Crippen LogP contribution in [0.5, 0.6) is 0 Å².